The Morgan fingerprint density at radius 2 is 1.62 bits per heavy atom. The van der Waals surface area contributed by atoms with Gasteiger partial charge in [0.2, 0.25) is 0 Å². The van der Waals surface area contributed by atoms with Gasteiger partial charge in [-0.05, 0) is 32.4 Å². The van der Waals surface area contributed by atoms with Crippen LogP contribution in [0.15, 0.2) is 0 Å². The van der Waals surface area contributed by atoms with Crippen LogP contribution in [0.2, 0.25) is 0 Å². The van der Waals surface area contributed by atoms with E-state index in [0.29, 0.717) is 0 Å². The number of likely N-dealkylation sites (tertiary alicyclic amines) is 1. The van der Waals surface area contributed by atoms with Crippen molar-refractivity contribution in [3.05, 3.63) is 0 Å². The zero-order valence-electron chi connectivity index (χ0n) is 13.5. The highest BCUT2D eigenvalue weighted by Gasteiger charge is 2.25. The molecule has 0 bridgehead atoms. The van der Waals surface area contributed by atoms with E-state index in [0.717, 1.165) is 39.0 Å². The molecule has 21 heavy (non-hydrogen) atoms. The van der Waals surface area contributed by atoms with Crippen LogP contribution in [-0.2, 0) is 4.79 Å². The molecule has 5 nitrogen and oxygen atoms in total. The molecule has 0 aliphatic carbocycles. The number of hydrogen-bond donors (Lipinski definition) is 1. The van der Waals surface area contributed by atoms with Gasteiger partial charge in [-0.2, -0.15) is 0 Å². The molecule has 0 radical (unpaired) electrons. The lowest BCUT2D eigenvalue weighted by Gasteiger charge is -2.37. The summed E-state index contributed by atoms with van der Waals surface area (Å²) in [5.41, 5.74) is 0. The van der Waals surface area contributed by atoms with Gasteiger partial charge in [-0.15, -0.1) is 0 Å². The van der Waals surface area contributed by atoms with Crippen LogP contribution < -0.4 is 0 Å². The summed E-state index contributed by atoms with van der Waals surface area (Å²) >= 11 is 0. The summed E-state index contributed by atoms with van der Waals surface area (Å²) in [6.45, 7) is 12.1. The Labute approximate surface area is 128 Å². The molecule has 1 atom stereocenters. The fourth-order valence-electron chi connectivity index (χ4n) is 3.36. The lowest BCUT2D eigenvalue weighted by molar-refractivity contribution is -0.143. The largest absolute Gasteiger partial charge is 0.481 e. The highest BCUT2D eigenvalue weighted by atomic mass is 16.4. The van der Waals surface area contributed by atoms with Gasteiger partial charge >= 0.3 is 5.97 Å². The summed E-state index contributed by atoms with van der Waals surface area (Å²) in [6, 6.07) is 0. The predicted octanol–water partition coefficient (Wildman–Crippen LogP) is 1.20. The van der Waals surface area contributed by atoms with Gasteiger partial charge in [0.1, 0.15) is 0 Å². The van der Waals surface area contributed by atoms with Crippen LogP contribution in [-0.4, -0.2) is 84.7 Å². The van der Waals surface area contributed by atoms with Crippen molar-refractivity contribution in [3.63, 3.8) is 0 Å². The van der Waals surface area contributed by atoms with Gasteiger partial charge < -0.3 is 14.9 Å². The lowest BCUT2D eigenvalue weighted by Crippen LogP contribution is -2.49. The molecule has 122 valence electrons. The number of rotatable bonds is 7. The minimum Gasteiger partial charge on any atom is -0.481 e. The number of piperazine rings is 1. The number of hydrogen-bond acceptors (Lipinski definition) is 4. The first-order valence-electron chi connectivity index (χ1n) is 8.59. The summed E-state index contributed by atoms with van der Waals surface area (Å²) < 4.78 is 0. The van der Waals surface area contributed by atoms with E-state index < -0.39 is 5.97 Å². The Bertz CT molecular complexity index is 317. The van der Waals surface area contributed by atoms with Gasteiger partial charge in [0, 0.05) is 45.8 Å². The third-order valence-corrected chi connectivity index (χ3v) is 4.88. The van der Waals surface area contributed by atoms with E-state index in [9.17, 15) is 4.79 Å². The van der Waals surface area contributed by atoms with Gasteiger partial charge in [0.05, 0.1) is 5.92 Å². The van der Waals surface area contributed by atoms with Gasteiger partial charge in [-0.1, -0.05) is 13.3 Å². The molecule has 0 saturated carbocycles. The molecule has 2 saturated heterocycles. The maximum absolute atomic E-state index is 11.1. The Kier molecular flexibility index (Phi) is 6.93. The molecule has 1 unspecified atom stereocenters. The molecule has 2 aliphatic heterocycles. The van der Waals surface area contributed by atoms with Gasteiger partial charge in [0.25, 0.3) is 0 Å². The monoisotopic (exact) mass is 297 g/mol. The second kappa shape index (κ2) is 8.71. The maximum Gasteiger partial charge on any atom is 0.307 e. The Morgan fingerprint density at radius 3 is 2.24 bits per heavy atom. The lowest BCUT2D eigenvalue weighted by atomic mass is 9.98. The van der Waals surface area contributed by atoms with Crippen molar-refractivity contribution in [2.24, 2.45) is 5.92 Å². The molecular weight excluding hydrogens is 266 g/mol. The SMILES string of the molecule is CCCCN1CCN(CCN2CCCC(C(=O)O)C2)CC1. The van der Waals surface area contributed by atoms with Crippen LogP contribution in [0.4, 0.5) is 0 Å². The van der Waals surface area contributed by atoms with Crippen LogP contribution in [0.3, 0.4) is 0 Å². The molecule has 0 spiro atoms. The van der Waals surface area contributed by atoms with E-state index in [2.05, 4.69) is 21.6 Å². The number of unbranched alkanes of at least 4 members (excludes halogenated alkanes) is 1. The third-order valence-electron chi connectivity index (χ3n) is 4.88. The molecule has 0 amide bonds. The molecule has 0 aromatic carbocycles. The topological polar surface area (TPSA) is 47.0 Å². The molecule has 2 heterocycles. The van der Waals surface area contributed by atoms with Crippen molar-refractivity contribution in [2.45, 2.75) is 32.6 Å². The molecule has 5 heteroatoms. The summed E-state index contributed by atoms with van der Waals surface area (Å²) in [5, 5.41) is 9.13. The zero-order chi connectivity index (χ0) is 15.1. The Balaban J connectivity index is 1.62. The number of carboxylic acid groups (broad SMARTS) is 1. The van der Waals surface area contributed by atoms with Crippen LogP contribution >= 0.6 is 0 Å². The summed E-state index contributed by atoms with van der Waals surface area (Å²) in [7, 11) is 0. The molecule has 0 aromatic heterocycles. The molecular formula is C16H31N3O2. The van der Waals surface area contributed by atoms with Crippen LogP contribution in [0, 0.1) is 5.92 Å². The number of carbonyl (C=O) groups is 1. The zero-order valence-corrected chi connectivity index (χ0v) is 13.5. The van der Waals surface area contributed by atoms with Crippen molar-refractivity contribution in [3.8, 4) is 0 Å². The van der Waals surface area contributed by atoms with E-state index in [1.54, 1.807) is 0 Å². The fourth-order valence-corrected chi connectivity index (χ4v) is 3.36. The van der Waals surface area contributed by atoms with E-state index in [4.69, 9.17) is 5.11 Å². The molecule has 2 rings (SSSR count). The van der Waals surface area contributed by atoms with Crippen LogP contribution in [0.5, 0.6) is 0 Å². The standard InChI is InChI=1S/C16H31N3O2/c1-2-3-6-17-8-10-18(11-9-17)12-13-19-7-4-5-15(14-19)16(20)21/h15H,2-14H2,1H3,(H,20,21). The minimum absolute atomic E-state index is 0.148. The average molecular weight is 297 g/mol. The van der Waals surface area contributed by atoms with Crippen molar-refractivity contribution >= 4 is 5.97 Å². The highest BCUT2D eigenvalue weighted by Crippen LogP contribution is 2.16. The highest BCUT2D eigenvalue weighted by molar-refractivity contribution is 5.70. The number of aliphatic carboxylic acids is 1. The second-order valence-corrected chi connectivity index (χ2v) is 6.51. The van der Waals surface area contributed by atoms with Gasteiger partial charge in [0.15, 0.2) is 0 Å². The normalized spacial score (nSPS) is 26.0. The third kappa shape index (κ3) is 5.57. The van der Waals surface area contributed by atoms with Gasteiger partial charge in [-0.3, -0.25) is 9.69 Å². The predicted molar refractivity (Wildman–Crippen MR) is 84.6 cm³/mol. The van der Waals surface area contributed by atoms with E-state index in [1.807, 2.05) is 0 Å². The van der Waals surface area contributed by atoms with Crippen molar-refractivity contribution in [1.82, 2.24) is 14.7 Å². The summed E-state index contributed by atoms with van der Waals surface area (Å²) in [5.74, 6) is -0.770. The minimum atomic E-state index is -0.621. The first-order valence-corrected chi connectivity index (χ1v) is 8.59. The first-order chi connectivity index (χ1) is 10.2. The van der Waals surface area contributed by atoms with Crippen LogP contribution in [0.1, 0.15) is 32.6 Å². The summed E-state index contributed by atoms with van der Waals surface area (Å²) in [6.07, 6.45) is 4.47. The average Bonchev–Trinajstić information content (AvgIpc) is 2.52. The Hall–Kier alpha value is -0.650. The van der Waals surface area contributed by atoms with Crippen LogP contribution in [0.25, 0.3) is 0 Å². The van der Waals surface area contributed by atoms with Crippen molar-refractivity contribution < 1.29 is 9.90 Å². The number of piperidine rings is 1. The molecule has 0 aromatic rings. The van der Waals surface area contributed by atoms with Crippen molar-refractivity contribution in [1.29, 1.82) is 0 Å². The smallest absolute Gasteiger partial charge is 0.307 e. The van der Waals surface area contributed by atoms with Gasteiger partial charge in [-0.25, -0.2) is 0 Å². The quantitative estimate of drug-likeness (QED) is 0.765. The van der Waals surface area contributed by atoms with E-state index >= 15 is 0 Å². The summed E-state index contributed by atoms with van der Waals surface area (Å²) in [4.78, 5) is 18.5. The second-order valence-electron chi connectivity index (χ2n) is 6.51. The molecule has 2 fully saturated rings. The molecule has 2 aliphatic rings. The Morgan fingerprint density at radius 1 is 1.00 bits per heavy atom. The van der Waals surface area contributed by atoms with E-state index in [1.165, 1.54) is 45.6 Å². The number of carboxylic acids is 1. The fraction of sp³-hybridized carbons (Fsp3) is 0.938. The maximum atomic E-state index is 11.1. The van der Waals surface area contributed by atoms with E-state index in [-0.39, 0.29) is 5.92 Å². The number of nitrogens with zero attached hydrogens (tertiary/aromatic N) is 3. The van der Waals surface area contributed by atoms with Crippen molar-refractivity contribution in [2.75, 3.05) is 58.9 Å². The molecule has 1 N–H and O–H groups in total. The first kappa shape index (κ1) is 16.7.